The standard InChI is InChI=1S/C3HCl3.Al.ClH.O/c4-1-2(5)3(1)6;;;/h1H;;1H;/q;+1;;/p-1. The van der Waals surface area contributed by atoms with Crippen LogP contribution in [0.25, 0.3) is 0 Å². The van der Waals surface area contributed by atoms with Crippen LogP contribution < -0.4 is 0 Å². The molecule has 0 heterocycles. The van der Waals surface area contributed by atoms with Crippen molar-refractivity contribution in [3.05, 3.63) is 10.1 Å². The molecule has 6 heteroatoms. The zero-order chi connectivity index (χ0) is 7.44. The molecular formula is C3HAlCl4O. The van der Waals surface area contributed by atoms with E-state index in [-0.39, 0.29) is 5.38 Å². The van der Waals surface area contributed by atoms with Gasteiger partial charge in [0.05, 0.1) is 10.1 Å². The molecule has 0 unspecified atom stereocenters. The van der Waals surface area contributed by atoms with Crippen molar-refractivity contribution in [3.63, 3.8) is 0 Å². The van der Waals surface area contributed by atoms with Gasteiger partial charge in [0.1, 0.15) is 5.38 Å². The predicted octanol–water partition coefficient (Wildman–Crippen LogP) is 2.49. The van der Waals surface area contributed by atoms with Gasteiger partial charge in [-0.25, -0.2) is 0 Å². The normalized spacial score (nSPS) is 16.0. The van der Waals surface area contributed by atoms with Crippen molar-refractivity contribution in [2.45, 2.75) is 5.38 Å². The molecule has 0 saturated heterocycles. The average molecular weight is 222 g/mol. The Bertz CT molecular complexity index is 133. The molecule has 0 spiro atoms. The quantitative estimate of drug-likeness (QED) is 0.454. The third kappa shape index (κ3) is 3.83. The second-order valence-corrected chi connectivity index (χ2v) is 3.11. The molecule has 0 radical (unpaired) electrons. The molecule has 1 nitrogen and oxygen atoms in total. The summed E-state index contributed by atoms with van der Waals surface area (Å²) in [5.74, 6) is 0. The third-order valence-electron chi connectivity index (χ3n) is 0.590. The summed E-state index contributed by atoms with van der Waals surface area (Å²) in [6.45, 7) is 0. The molecule has 0 aromatic heterocycles. The van der Waals surface area contributed by atoms with Gasteiger partial charge in [0.25, 0.3) is 0 Å². The molecule has 0 fully saturated rings. The molecule has 0 aliphatic heterocycles. The van der Waals surface area contributed by atoms with Crippen LogP contribution in [-0.4, -0.2) is 19.6 Å². The van der Waals surface area contributed by atoms with Crippen molar-refractivity contribution in [3.8, 4) is 0 Å². The molecule has 0 bridgehead atoms. The summed E-state index contributed by atoms with van der Waals surface area (Å²) in [5, 5.41) is 1.05. The number of alkyl halides is 1. The van der Waals surface area contributed by atoms with Crippen LogP contribution in [0.4, 0.5) is 0 Å². The van der Waals surface area contributed by atoms with E-state index in [1.165, 1.54) is 0 Å². The maximum absolute atomic E-state index is 8.78. The van der Waals surface area contributed by atoms with Crippen molar-refractivity contribution < 1.29 is 3.80 Å². The van der Waals surface area contributed by atoms with E-state index in [0.717, 1.165) is 0 Å². The van der Waals surface area contributed by atoms with Crippen LogP contribution in [0.2, 0.25) is 0 Å². The Morgan fingerprint density at radius 3 is 1.44 bits per heavy atom. The molecule has 0 aromatic rings. The minimum atomic E-state index is -1.03. The molecule has 50 valence electrons. The number of rotatable bonds is 0. The average Bonchev–Trinajstić information content (AvgIpc) is 2.27. The van der Waals surface area contributed by atoms with Gasteiger partial charge in [0, 0.05) is 0 Å². The summed E-state index contributed by atoms with van der Waals surface area (Å²) in [6, 6.07) is 0. The third-order valence-corrected chi connectivity index (χ3v) is 2.19. The van der Waals surface area contributed by atoms with Crippen LogP contribution in [0.1, 0.15) is 0 Å². The molecule has 0 saturated carbocycles. The molecule has 9 heavy (non-hydrogen) atoms. The van der Waals surface area contributed by atoms with E-state index in [0.29, 0.717) is 10.1 Å². The second kappa shape index (κ2) is 4.96. The first-order chi connectivity index (χ1) is 4.15. The first-order valence-electron chi connectivity index (χ1n) is 1.88. The van der Waals surface area contributed by atoms with Crippen molar-refractivity contribution in [1.82, 2.24) is 0 Å². The van der Waals surface area contributed by atoms with Gasteiger partial charge in [-0.2, -0.15) is 0 Å². The van der Waals surface area contributed by atoms with Gasteiger partial charge in [-0.05, 0) is 0 Å². The van der Waals surface area contributed by atoms with Crippen molar-refractivity contribution >= 4 is 59.1 Å². The minimum absolute atomic E-state index is 0.145. The van der Waals surface area contributed by atoms with Gasteiger partial charge in [0.2, 0.25) is 0 Å². The molecular weight excluding hydrogens is 221 g/mol. The fourth-order valence-electron chi connectivity index (χ4n) is 0.148. The number of halogens is 4. The summed E-state index contributed by atoms with van der Waals surface area (Å²) in [6.07, 6.45) is 0. The molecule has 1 aliphatic carbocycles. The predicted molar refractivity (Wildman–Crippen MR) is 40.7 cm³/mol. The van der Waals surface area contributed by atoms with E-state index in [1.807, 2.05) is 0 Å². The topological polar surface area (TPSA) is 17.1 Å². The Morgan fingerprint density at radius 1 is 1.33 bits per heavy atom. The number of allylic oxidation sites excluding steroid dienone is 2. The van der Waals surface area contributed by atoms with Crippen LogP contribution in [0.3, 0.4) is 0 Å². The zero-order valence-electron chi connectivity index (χ0n) is 4.07. The fraction of sp³-hybridized carbons (Fsp3) is 0.333. The van der Waals surface area contributed by atoms with Gasteiger partial charge < -0.3 is 0 Å². The van der Waals surface area contributed by atoms with Crippen LogP contribution in [0, 0.1) is 0 Å². The van der Waals surface area contributed by atoms with Crippen LogP contribution in [0.5, 0.6) is 0 Å². The van der Waals surface area contributed by atoms with Crippen LogP contribution in [0.15, 0.2) is 10.1 Å². The SMILES string of the molecule is ClC1=C(Cl)C1Cl.[O]=[Al][Cl]. The summed E-state index contributed by atoms with van der Waals surface area (Å²) in [4.78, 5) is 0. The van der Waals surface area contributed by atoms with Gasteiger partial charge in [-0.15, -0.1) is 11.6 Å². The summed E-state index contributed by atoms with van der Waals surface area (Å²) < 4.78 is 8.78. The molecule has 0 aromatic carbocycles. The molecule has 0 amide bonds. The molecule has 1 aliphatic rings. The van der Waals surface area contributed by atoms with E-state index in [4.69, 9.17) is 38.6 Å². The molecule has 0 atom stereocenters. The van der Waals surface area contributed by atoms with E-state index < -0.39 is 14.2 Å². The number of hydrogen-bond acceptors (Lipinski definition) is 1. The van der Waals surface area contributed by atoms with E-state index in [2.05, 4.69) is 10.0 Å². The summed E-state index contributed by atoms with van der Waals surface area (Å²) in [5.41, 5.74) is 0. The van der Waals surface area contributed by atoms with Crippen LogP contribution >= 0.6 is 44.9 Å². The van der Waals surface area contributed by atoms with Gasteiger partial charge in [-0.3, -0.25) is 0 Å². The Morgan fingerprint density at radius 2 is 1.44 bits per heavy atom. The Hall–Kier alpha value is 1.23. The van der Waals surface area contributed by atoms with Crippen molar-refractivity contribution in [2.75, 3.05) is 0 Å². The van der Waals surface area contributed by atoms with Crippen molar-refractivity contribution in [1.29, 1.82) is 0 Å². The van der Waals surface area contributed by atoms with Gasteiger partial charge in [0.15, 0.2) is 0 Å². The molecule has 0 N–H and O–H groups in total. The van der Waals surface area contributed by atoms with Crippen LogP contribution in [-0.2, 0) is 3.80 Å². The fourth-order valence-corrected chi connectivity index (χ4v) is 0.815. The molecule has 1 rings (SSSR count). The van der Waals surface area contributed by atoms with Crippen molar-refractivity contribution in [2.24, 2.45) is 0 Å². The Balaban J connectivity index is 0.000000187. The monoisotopic (exact) mass is 220 g/mol. The Kier molecular flexibility index (Phi) is 5.64. The van der Waals surface area contributed by atoms with E-state index >= 15 is 0 Å². The van der Waals surface area contributed by atoms with Gasteiger partial charge in [-0.1, -0.05) is 23.2 Å². The Labute approximate surface area is 78.0 Å². The number of hydrogen-bond donors (Lipinski definition) is 0. The first-order valence-corrected chi connectivity index (χ1v) is 5.29. The maximum atomic E-state index is 8.78. The van der Waals surface area contributed by atoms with Gasteiger partial charge >= 0.3 is 28.1 Å². The summed E-state index contributed by atoms with van der Waals surface area (Å²) >= 11 is 14.9. The van der Waals surface area contributed by atoms with E-state index in [9.17, 15) is 0 Å². The zero-order valence-corrected chi connectivity index (χ0v) is 8.25. The summed E-state index contributed by atoms with van der Waals surface area (Å²) in [7, 11) is 4.53. The van der Waals surface area contributed by atoms with E-state index in [1.54, 1.807) is 0 Å². The first kappa shape index (κ1) is 10.2. The second-order valence-electron chi connectivity index (χ2n) is 1.15.